The summed E-state index contributed by atoms with van der Waals surface area (Å²) in [5.74, 6) is 0.282. The number of carbonyl (C=O) groups is 1. The zero-order valence-corrected chi connectivity index (χ0v) is 11.7. The predicted molar refractivity (Wildman–Crippen MR) is 76.7 cm³/mol. The van der Waals surface area contributed by atoms with Crippen LogP contribution in [0.25, 0.3) is 0 Å². The fourth-order valence-corrected chi connectivity index (χ4v) is 2.44. The van der Waals surface area contributed by atoms with Crippen LogP contribution < -0.4 is 10.6 Å². The number of carbonyl (C=O) groups excluding carboxylic acids is 1. The minimum atomic E-state index is -0.480. The smallest absolute Gasteiger partial charge is 0.292 e. The lowest BCUT2D eigenvalue weighted by Crippen LogP contribution is -2.45. The molecule has 2 unspecified atom stereocenters. The largest absolute Gasteiger partial charge is 0.319 e. The Balaban J connectivity index is 2.14. The number of anilines is 1. The summed E-state index contributed by atoms with van der Waals surface area (Å²) in [5.41, 5.74) is 1.06. The first-order valence-electron chi connectivity index (χ1n) is 6.76. The van der Waals surface area contributed by atoms with E-state index in [9.17, 15) is 14.9 Å². The summed E-state index contributed by atoms with van der Waals surface area (Å²) >= 11 is 0. The molecule has 0 spiro atoms. The molecule has 6 heteroatoms. The minimum absolute atomic E-state index is 0.0761. The van der Waals surface area contributed by atoms with E-state index in [0.29, 0.717) is 5.92 Å². The van der Waals surface area contributed by atoms with E-state index >= 15 is 0 Å². The lowest BCUT2D eigenvalue weighted by Gasteiger charge is -2.27. The Bertz CT molecular complexity index is 530. The fraction of sp³-hybridized carbons (Fsp3) is 0.500. The topological polar surface area (TPSA) is 84.3 Å². The van der Waals surface area contributed by atoms with Gasteiger partial charge in [0.25, 0.3) is 5.69 Å². The molecule has 1 aromatic rings. The molecule has 20 heavy (non-hydrogen) atoms. The molecule has 1 fully saturated rings. The molecule has 2 rings (SSSR count). The molecule has 0 bridgehead atoms. The second-order valence-corrected chi connectivity index (χ2v) is 5.40. The maximum Gasteiger partial charge on any atom is 0.292 e. The molecule has 1 heterocycles. The number of nitrogens with zero attached hydrogens (tertiary/aromatic N) is 1. The average molecular weight is 277 g/mol. The number of nitro benzene ring substituents is 1. The highest BCUT2D eigenvalue weighted by molar-refractivity contribution is 5.96. The molecule has 1 saturated heterocycles. The third-order valence-electron chi connectivity index (χ3n) is 3.59. The summed E-state index contributed by atoms with van der Waals surface area (Å²) < 4.78 is 0. The van der Waals surface area contributed by atoms with E-state index in [2.05, 4.69) is 17.6 Å². The Morgan fingerprint density at radius 1 is 1.50 bits per heavy atom. The molecule has 0 aliphatic carbocycles. The quantitative estimate of drug-likeness (QED) is 0.655. The van der Waals surface area contributed by atoms with Gasteiger partial charge >= 0.3 is 0 Å². The highest BCUT2D eigenvalue weighted by atomic mass is 16.6. The second kappa shape index (κ2) is 6.00. The summed E-state index contributed by atoms with van der Waals surface area (Å²) in [6.07, 6.45) is 1.81. The number of hydrogen-bond donors (Lipinski definition) is 2. The third kappa shape index (κ3) is 3.33. The van der Waals surface area contributed by atoms with Gasteiger partial charge in [-0.1, -0.05) is 13.0 Å². The highest BCUT2D eigenvalue weighted by Crippen LogP contribution is 2.26. The fourth-order valence-electron chi connectivity index (χ4n) is 2.44. The first-order chi connectivity index (χ1) is 9.47. The summed E-state index contributed by atoms with van der Waals surface area (Å²) in [6.45, 7) is 4.74. The summed E-state index contributed by atoms with van der Waals surface area (Å²) in [7, 11) is 0. The summed E-state index contributed by atoms with van der Waals surface area (Å²) in [4.78, 5) is 22.7. The number of benzene rings is 1. The van der Waals surface area contributed by atoms with Gasteiger partial charge in [-0.15, -0.1) is 0 Å². The molecular formula is C14H19N3O3. The summed E-state index contributed by atoms with van der Waals surface area (Å²) in [6, 6.07) is 4.43. The Morgan fingerprint density at radius 2 is 2.25 bits per heavy atom. The van der Waals surface area contributed by atoms with E-state index in [4.69, 9.17) is 0 Å². The SMILES string of the molecule is Cc1ccc([N+](=O)[O-])c(NC(=O)C2CC(C)CCN2)c1. The number of aryl methyl sites for hydroxylation is 1. The van der Waals surface area contributed by atoms with Gasteiger partial charge < -0.3 is 10.6 Å². The van der Waals surface area contributed by atoms with Crippen LogP contribution in [0.2, 0.25) is 0 Å². The van der Waals surface area contributed by atoms with Gasteiger partial charge in [0, 0.05) is 6.07 Å². The lowest BCUT2D eigenvalue weighted by atomic mass is 9.94. The van der Waals surface area contributed by atoms with Gasteiger partial charge in [0.15, 0.2) is 0 Å². The van der Waals surface area contributed by atoms with Crippen LogP contribution >= 0.6 is 0 Å². The van der Waals surface area contributed by atoms with E-state index in [1.165, 1.54) is 6.07 Å². The van der Waals surface area contributed by atoms with Crippen LogP contribution in [0.1, 0.15) is 25.3 Å². The van der Waals surface area contributed by atoms with Crippen LogP contribution in [0.3, 0.4) is 0 Å². The molecule has 6 nitrogen and oxygen atoms in total. The van der Waals surface area contributed by atoms with Crippen LogP contribution in [0.15, 0.2) is 18.2 Å². The molecule has 1 amide bonds. The van der Waals surface area contributed by atoms with Crippen molar-refractivity contribution in [3.8, 4) is 0 Å². The Labute approximate surface area is 117 Å². The van der Waals surface area contributed by atoms with Gasteiger partial charge in [0.1, 0.15) is 5.69 Å². The maximum atomic E-state index is 12.2. The molecule has 0 radical (unpaired) electrons. The number of piperidine rings is 1. The normalized spacial score (nSPS) is 22.3. The molecule has 2 atom stereocenters. The van der Waals surface area contributed by atoms with Crippen molar-refractivity contribution in [1.29, 1.82) is 0 Å². The van der Waals surface area contributed by atoms with E-state index in [-0.39, 0.29) is 23.3 Å². The molecule has 0 aromatic heterocycles. The van der Waals surface area contributed by atoms with Gasteiger partial charge in [0.05, 0.1) is 11.0 Å². The Morgan fingerprint density at radius 3 is 2.90 bits per heavy atom. The van der Waals surface area contributed by atoms with Crippen LogP contribution in [-0.2, 0) is 4.79 Å². The number of rotatable bonds is 3. The predicted octanol–water partition coefficient (Wildman–Crippen LogP) is 2.23. The van der Waals surface area contributed by atoms with Crippen molar-refractivity contribution >= 4 is 17.3 Å². The van der Waals surface area contributed by atoms with Crippen molar-refractivity contribution in [1.82, 2.24) is 5.32 Å². The maximum absolute atomic E-state index is 12.2. The third-order valence-corrected chi connectivity index (χ3v) is 3.59. The Kier molecular flexibility index (Phi) is 4.34. The number of hydrogen-bond acceptors (Lipinski definition) is 4. The highest BCUT2D eigenvalue weighted by Gasteiger charge is 2.26. The van der Waals surface area contributed by atoms with Crippen LogP contribution in [0.4, 0.5) is 11.4 Å². The van der Waals surface area contributed by atoms with Gasteiger partial charge in [-0.2, -0.15) is 0 Å². The van der Waals surface area contributed by atoms with Crippen molar-refractivity contribution < 1.29 is 9.72 Å². The van der Waals surface area contributed by atoms with E-state index in [1.54, 1.807) is 12.1 Å². The van der Waals surface area contributed by atoms with Gasteiger partial charge in [0.2, 0.25) is 5.91 Å². The number of amides is 1. The van der Waals surface area contributed by atoms with Crippen molar-refractivity contribution in [3.05, 3.63) is 33.9 Å². The molecule has 2 N–H and O–H groups in total. The lowest BCUT2D eigenvalue weighted by molar-refractivity contribution is -0.383. The van der Waals surface area contributed by atoms with E-state index in [0.717, 1.165) is 24.9 Å². The van der Waals surface area contributed by atoms with Crippen molar-refractivity contribution in [2.75, 3.05) is 11.9 Å². The van der Waals surface area contributed by atoms with Crippen molar-refractivity contribution in [3.63, 3.8) is 0 Å². The first-order valence-corrected chi connectivity index (χ1v) is 6.76. The molecule has 1 aliphatic heterocycles. The average Bonchev–Trinajstić information content (AvgIpc) is 2.38. The molecular weight excluding hydrogens is 258 g/mol. The van der Waals surface area contributed by atoms with Gasteiger partial charge in [-0.25, -0.2) is 0 Å². The van der Waals surface area contributed by atoms with Crippen molar-refractivity contribution in [2.24, 2.45) is 5.92 Å². The molecule has 1 aromatic carbocycles. The number of nitrogens with one attached hydrogen (secondary N) is 2. The molecule has 108 valence electrons. The minimum Gasteiger partial charge on any atom is -0.319 e. The van der Waals surface area contributed by atoms with E-state index < -0.39 is 4.92 Å². The summed E-state index contributed by atoms with van der Waals surface area (Å²) in [5, 5.41) is 16.8. The second-order valence-electron chi connectivity index (χ2n) is 5.40. The zero-order chi connectivity index (χ0) is 14.7. The van der Waals surface area contributed by atoms with Crippen LogP contribution in [-0.4, -0.2) is 23.4 Å². The zero-order valence-electron chi connectivity index (χ0n) is 11.7. The monoisotopic (exact) mass is 277 g/mol. The van der Waals surface area contributed by atoms with Crippen LogP contribution in [0, 0.1) is 23.0 Å². The Hall–Kier alpha value is -1.95. The molecule has 1 aliphatic rings. The molecule has 0 saturated carbocycles. The van der Waals surface area contributed by atoms with Crippen LogP contribution in [0.5, 0.6) is 0 Å². The van der Waals surface area contributed by atoms with Gasteiger partial charge in [-0.3, -0.25) is 14.9 Å². The first kappa shape index (κ1) is 14.5. The van der Waals surface area contributed by atoms with Crippen molar-refractivity contribution in [2.45, 2.75) is 32.7 Å². The van der Waals surface area contributed by atoms with E-state index in [1.807, 2.05) is 6.92 Å². The number of nitro groups is 1. The standard InChI is InChI=1S/C14H19N3O3/c1-9-3-4-13(17(19)20)11(7-9)16-14(18)12-8-10(2)5-6-15-12/h3-4,7,10,12,15H,5-6,8H2,1-2H3,(H,16,18). The van der Waals surface area contributed by atoms with Gasteiger partial charge in [-0.05, 0) is 43.9 Å².